The number of nitro groups is 1. The molecule has 0 saturated heterocycles. The molecule has 18 heavy (non-hydrogen) atoms. The van der Waals surface area contributed by atoms with Gasteiger partial charge >= 0.3 is 0 Å². The second kappa shape index (κ2) is 6.50. The second-order valence-corrected chi connectivity index (χ2v) is 4.62. The smallest absolute Gasteiger partial charge is 0.269 e. The zero-order valence-corrected chi connectivity index (χ0v) is 11.4. The molecule has 0 aliphatic heterocycles. The van der Waals surface area contributed by atoms with Gasteiger partial charge in [-0.15, -0.1) is 0 Å². The van der Waals surface area contributed by atoms with Crippen LogP contribution in [0.1, 0.15) is 45.6 Å². The lowest BCUT2D eigenvalue weighted by molar-refractivity contribution is -0.384. The molecule has 1 N–H and O–H groups in total. The molecule has 1 aromatic carbocycles. The van der Waals surface area contributed by atoms with Crippen molar-refractivity contribution in [1.29, 1.82) is 0 Å². The summed E-state index contributed by atoms with van der Waals surface area (Å²) in [5.74, 6) is 0. The van der Waals surface area contributed by atoms with Gasteiger partial charge in [-0.25, -0.2) is 0 Å². The summed E-state index contributed by atoms with van der Waals surface area (Å²) in [4.78, 5) is 10.2. The maximum absolute atomic E-state index is 10.6. The van der Waals surface area contributed by atoms with Crippen molar-refractivity contribution in [2.75, 3.05) is 0 Å². The highest BCUT2D eigenvalue weighted by atomic mass is 16.6. The first-order valence-corrected chi connectivity index (χ1v) is 6.55. The van der Waals surface area contributed by atoms with E-state index in [1.54, 1.807) is 12.1 Å². The van der Waals surface area contributed by atoms with Crippen molar-refractivity contribution >= 4 is 5.69 Å². The lowest BCUT2D eigenvalue weighted by Crippen LogP contribution is -2.43. The summed E-state index contributed by atoms with van der Waals surface area (Å²) in [7, 11) is 0. The molecule has 1 rings (SSSR count). The average molecular weight is 250 g/mol. The summed E-state index contributed by atoms with van der Waals surface area (Å²) in [5, 5.41) is 14.1. The van der Waals surface area contributed by atoms with Crippen LogP contribution in [0, 0.1) is 10.1 Å². The van der Waals surface area contributed by atoms with Gasteiger partial charge in [-0.1, -0.05) is 32.9 Å². The average Bonchev–Trinajstić information content (AvgIpc) is 2.41. The van der Waals surface area contributed by atoms with Crippen LogP contribution in [0.25, 0.3) is 0 Å². The number of benzene rings is 1. The zero-order valence-electron chi connectivity index (χ0n) is 11.4. The molecule has 0 aromatic heterocycles. The Kier molecular flexibility index (Phi) is 5.28. The predicted octanol–water partition coefficient (Wildman–Crippen LogP) is 3.65. The predicted molar refractivity (Wildman–Crippen MR) is 73.5 cm³/mol. The molecule has 0 aliphatic carbocycles. The molecule has 0 fully saturated rings. The number of nitrogens with zero attached hydrogens (tertiary/aromatic N) is 1. The van der Waals surface area contributed by atoms with Crippen LogP contribution in [-0.2, 0) is 6.54 Å². The molecule has 0 saturated carbocycles. The molecule has 100 valence electrons. The zero-order chi connectivity index (χ0) is 13.6. The highest BCUT2D eigenvalue weighted by Gasteiger charge is 2.22. The standard InChI is InChI=1S/C14H22N2O2/c1-4-14(5-2,6-3)15-11-12-7-9-13(10-8-12)16(17)18/h7-10,15H,4-6,11H2,1-3H3. The van der Waals surface area contributed by atoms with Crippen LogP contribution in [-0.4, -0.2) is 10.5 Å². The Morgan fingerprint density at radius 1 is 1.11 bits per heavy atom. The van der Waals surface area contributed by atoms with Crippen LogP contribution >= 0.6 is 0 Å². The maximum atomic E-state index is 10.6. The molecular weight excluding hydrogens is 228 g/mol. The third-order valence-electron chi connectivity index (χ3n) is 3.85. The molecule has 0 unspecified atom stereocenters. The minimum Gasteiger partial charge on any atom is -0.307 e. The molecular formula is C14H22N2O2. The number of non-ortho nitro benzene ring substituents is 1. The number of hydrogen-bond donors (Lipinski definition) is 1. The fraction of sp³-hybridized carbons (Fsp3) is 0.571. The number of nitrogens with one attached hydrogen (secondary N) is 1. The summed E-state index contributed by atoms with van der Waals surface area (Å²) < 4.78 is 0. The Bertz CT molecular complexity index is 375. The van der Waals surface area contributed by atoms with E-state index >= 15 is 0 Å². The van der Waals surface area contributed by atoms with E-state index in [4.69, 9.17) is 0 Å². The van der Waals surface area contributed by atoms with Crippen LogP contribution in [0.3, 0.4) is 0 Å². The number of hydrogen-bond acceptors (Lipinski definition) is 3. The first-order chi connectivity index (χ1) is 8.56. The minimum atomic E-state index is -0.369. The fourth-order valence-corrected chi connectivity index (χ4v) is 2.15. The largest absolute Gasteiger partial charge is 0.307 e. The highest BCUT2D eigenvalue weighted by Crippen LogP contribution is 2.20. The molecule has 1 aromatic rings. The van der Waals surface area contributed by atoms with Gasteiger partial charge < -0.3 is 5.32 Å². The third-order valence-corrected chi connectivity index (χ3v) is 3.85. The SMILES string of the molecule is CCC(CC)(CC)NCc1ccc([N+](=O)[O-])cc1. The molecule has 0 amide bonds. The number of nitro benzene ring substituents is 1. The molecule has 0 bridgehead atoms. The molecule has 0 heterocycles. The van der Waals surface area contributed by atoms with Crippen molar-refractivity contribution in [1.82, 2.24) is 5.32 Å². The van der Waals surface area contributed by atoms with E-state index in [0.717, 1.165) is 31.4 Å². The first kappa shape index (κ1) is 14.6. The van der Waals surface area contributed by atoms with Crippen molar-refractivity contribution in [2.24, 2.45) is 0 Å². The Hall–Kier alpha value is -1.42. The summed E-state index contributed by atoms with van der Waals surface area (Å²) in [6.07, 6.45) is 3.27. The lowest BCUT2D eigenvalue weighted by atomic mass is 9.89. The van der Waals surface area contributed by atoms with Crippen molar-refractivity contribution in [3.8, 4) is 0 Å². The van der Waals surface area contributed by atoms with E-state index in [2.05, 4.69) is 26.1 Å². The van der Waals surface area contributed by atoms with Gasteiger partial charge in [0, 0.05) is 24.2 Å². The molecule has 4 nitrogen and oxygen atoms in total. The van der Waals surface area contributed by atoms with Crippen molar-refractivity contribution < 1.29 is 4.92 Å². The normalized spacial score (nSPS) is 11.5. The van der Waals surface area contributed by atoms with Crippen LogP contribution in [0.2, 0.25) is 0 Å². The van der Waals surface area contributed by atoms with Crippen LogP contribution in [0.15, 0.2) is 24.3 Å². The van der Waals surface area contributed by atoms with E-state index in [0.29, 0.717) is 0 Å². The van der Waals surface area contributed by atoms with Gasteiger partial charge in [-0.2, -0.15) is 0 Å². The lowest BCUT2D eigenvalue weighted by Gasteiger charge is -2.32. The van der Waals surface area contributed by atoms with Gasteiger partial charge in [0.1, 0.15) is 0 Å². The fourth-order valence-electron chi connectivity index (χ4n) is 2.15. The van der Waals surface area contributed by atoms with Crippen molar-refractivity contribution in [3.63, 3.8) is 0 Å². The quantitative estimate of drug-likeness (QED) is 0.593. The third kappa shape index (κ3) is 3.53. The molecule has 4 heteroatoms. The van der Waals surface area contributed by atoms with E-state index in [1.807, 2.05) is 12.1 Å². The van der Waals surface area contributed by atoms with E-state index in [1.165, 1.54) is 0 Å². The van der Waals surface area contributed by atoms with Crippen LogP contribution in [0.5, 0.6) is 0 Å². The van der Waals surface area contributed by atoms with E-state index < -0.39 is 0 Å². The van der Waals surface area contributed by atoms with Gasteiger partial charge in [0.2, 0.25) is 0 Å². The van der Waals surface area contributed by atoms with Crippen LogP contribution in [0.4, 0.5) is 5.69 Å². The minimum absolute atomic E-state index is 0.145. The van der Waals surface area contributed by atoms with E-state index in [9.17, 15) is 10.1 Å². The van der Waals surface area contributed by atoms with Gasteiger partial charge in [0.25, 0.3) is 5.69 Å². The van der Waals surface area contributed by atoms with Crippen LogP contribution < -0.4 is 5.32 Å². The topological polar surface area (TPSA) is 55.2 Å². The molecule has 0 radical (unpaired) electrons. The van der Waals surface area contributed by atoms with Gasteiger partial charge in [0.05, 0.1) is 4.92 Å². The summed E-state index contributed by atoms with van der Waals surface area (Å²) in [6, 6.07) is 6.75. The summed E-state index contributed by atoms with van der Waals surface area (Å²) in [5.41, 5.74) is 1.41. The Morgan fingerprint density at radius 3 is 2.00 bits per heavy atom. The van der Waals surface area contributed by atoms with Crippen molar-refractivity contribution in [3.05, 3.63) is 39.9 Å². The maximum Gasteiger partial charge on any atom is 0.269 e. The molecule has 0 aliphatic rings. The van der Waals surface area contributed by atoms with E-state index in [-0.39, 0.29) is 16.1 Å². The monoisotopic (exact) mass is 250 g/mol. The van der Waals surface area contributed by atoms with Crippen molar-refractivity contribution in [2.45, 2.75) is 52.1 Å². The summed E-state index contributed by atoms with van der Waals surface area (Å²) in [6.45, 7) is 7.33. The van der Waals surface area contributed by atoms with Gasteiger partial charge in [0.15, 0.2) is 0 Å². The Morgan fingerprint density at radius 2 is 1.61 bits per heavy atom. The molecule has 0 atom stereocenters. The summed E-state index contributed by atoms with van der Waals surface area (Å²) >= 11 is 0. The van der Waals surface area contributed by atoms with Gasteiger partial charge in [-0.05, 0) is 24.8 Å². The molecule has 0 spiro atoms. The first-order valence-electron chi connectivity index (χ1n) is 6.55. The van der Waals surface area contributed by atoms with Gasteiger partial charge in [-0.3, -0.25) is 10.1 Å². The highest BCUT2D eigenvalue weighted by molar-refractivity contribution is 5.32. The number of rotatable bonds is 7. The second-order valence-electron chi connectivity index (χ2n) is 4.62. The Labute approximate surface area is 109 Å². The Balaban J connectivity index is 2.65.